The highest BCUT2D eigenvalue weighted by Crippen LogP contribution is 2.43. The normalized spacial score (nSPS) is 16.6. The molecule has 0 radical (unpaired) electrons. The van der Waals surface area contributed by atoms with Gasteiger partial charge in [-0.2, -0.15) is 4.72 Å². The molecule has 1 unspecified atom stereocenters. The summed E-state index contributed by atoms with van der Waals surface area (Å²) >= 11 is 7.63. The lowest BCUT2D eigenvalue weighted by molar-refractivity contribution is 0.524. The van der Waals surface area contributed by atoms with Crippen LogP contribution in [0.25, 0.3) is 5.65 Å². The highest BCUT2D eigenvalue weighted by Gasteiger charge is 2.38. The number of fused-ring (bicyclic) bond motifs is 1. The van der Waals surface area contributed by atoms with Crippen molar-refractivity contribution in [1.82, 2.24) is 19.1 Å². The highest BCUT2D eigenvalue weighted by atomic mass is 35.5. The number of thiazole rings is 1. The monoisotopic (exact) mass is 382 g/mol. The number of pyridine rings is 1. The molecule has 0 aromatic carbocycles. The van der Waals surface area contributed by atoms with Crippen LogP contribution >= 0.6 is 22.9 Å². The number of sulfonamides is 1. The maximum absolute atomic E-state index is 13.0. The summed E-state index contributed by atoms with van der Waals surface area (Å²) in [6.07, 6.45) is 5.40. The van der Waals surface area contributed by atoms with Gasteiger partial charge in [-0.3, -0.25) is 4.40 Å². The van der Waals surface area contributed by atoms with Gasteiger partial charge < -0.3 is 0 Å². The Hall–Kier alpha value is -1.48. The summed E-state index contributed by atoms with van der Waals surface area (Å²) in [7, 11) is -3.83. The summed E-state index contributed by atoms with van der Waals surface area (Å²) in [5, 5.41) is 0.737. The molecule has 3 heterocycles. The molecule has 3 aromatic rings. The Labute approximate surface area is 148 Å². The van der Waals surface area contributed by atoms with Crippen molar-refractivity contribution in [2.24, 2.45) is 5.92 Å². The number of aryl methyl sites for hydroxylation is 1. The topological polar surface area (TPSA) is 76.4 Å². The zero-order chi connectivity index (χ0) is 16.9. The molecular weight excluding hydrogens is 368 g/mol. The summed E-state index contributed by atoms with van der Waals surface area (Å²) in [4.78, 5) is 9.54. The molecule has 1 fully saturated rings. The van der Waals surface area contributed by atoms with Gasteiger partial charge >= 0.3 is 0 Å². The number of rotatable bonds is 5. The molecule has 126 valence electrons. The second kappa shape index (κ2) is 5.80. The van der Waals surface area contributed by atoms with Crippen molar-refractivity contribution in [1.29, 1.82) is 0 Å². The van der Waals surface area contributed by atoms with Crippen LogP contribution in [0.4, 0.5) is 0 Å². The Morgan fingerprint density at radius 2 is 2.21 bits per heavy atom. The first-order chi connectivity index (χ1) is 11.5. The maximum Gasteiger partial charge on any atom is 0.260 e. The van der Waals surface area contributed by atoms with E-state index in [9.17, 15) is 8.42 Å². The van der Waals surface area contributed by atoms with Crippen LogP contribution in [0.3, 0.4) is 0 Å². The number of halogens is 1. The number of imidazole rings is 1. The summed E-state index contributed by atoms with van der Waals surface area (Å²) in [5.74, 6) is 0.281. The van der Waals surface area contributed by atoms with E-state index in [1.54, 1.807) is 30.6 Å². The van der Waals surface area contributed by atoms with Gasteiger partial charge in [0.2, 0.25) is 0 Å². The molecule has 24 heavy (non-hydrogen) atoms. The van der Waals surface area contributed by atoms with Crippen LogP contribution in [0.15, 0.2) is 35.6 Å². The van der Waals surface area contributed by atoms with Crippen LogP contribution in [-0.4, -0.2) is 22.8 Å². The fraction of sp³-hybridized carbons (Fsp3) is 0.333. The summed E-state index contributed by atoms with van der Waals surface area (Å²) in [5.41, 5.74) is 0.496. The van der Waals surface area contributed by atoms with E-state index in [0.29, 0.717) is 5.65 Å². The first kappa shape index (κ1) is 16.0. The van der Waals surface area contributed by atoms with Crippen LogP contribution in [0.2, 0.25) is 5.15 Å². The molecule has 1 atom stereocenters. The molecular formula is C15H15ClN4O2S2. The molecule has 1 aliphatic carbocycles. The minimum Gasteiger partial charge on any atom is -0.288 e. The first-order valence-electron chi connectivity index (χ1n) is 7.53. The summed E-state index contributed by atoms with van der Waals surface area (Å²) in [6.45, 7) is 1.96. The lowest BCUT2D eigenvalue weighted by atomic mass is 10.2. The first-order valence-corrected chi connectivity index (χ1v) is 10.2. The largest absolute Gasteiger partial charge is 0.288 e. The SMILES string of the molecule is Cc1cnc(C(NS(=O)(=O)c2c(Cl)nc3ccccn23)C2CC2)s1. The average molecular weight is 383 g/mol. The van der Waals surface area contributed by atoms with Crippen molar-refractivity contribution in [2.45, 2.75) is 30.8 Å². The highest BCUT2D eigenvalue weighted by molar-refractivity contribution is 7.89. The fourth-order valence-electron chi connectivity index (χ4n) is 2.70. The molecule has 0 amide bonds. The molecule has 1 aliphatic rings. The van der Waals surface area contributed by atoms with Crippen molar-refractivity contribution >= 4 is 38.6 Å². The molecule has 1 N–H and O–H groups in total. The van der Waals surface area contributed by atoms with Gasteiger partial charge in [-0.1, -0.05) is 17.7 Å². The Balaban J connectivity index is 1.75. The Bertz CT molecular complexity index is 1010. The number of nitrogens with zero attached hydrogens (tertiary/aromatic N) is 3. The predicted octanol–water partition coefficient (Wildman–Crippen LogP) is 3.18. The molecule has 0 bridgehead atoms. The van der Waals surface area contributed by atoms with Crippen molar-refractivity contribution in [3.8, 4) is 0 Å². The molecule has 0 aliphatic heterocycles. The molecule has 4 rings (SSSR count). The maximum atomic E-state index is 13.0. The summed E-state index contributed by atoms with van der Waals surface area (Å²) in [6, 6.07) is 4.92. The van der Waals surface area contributed by atoms with Crippen LogP contribution in [0, 0.1) is 12.8 Å². The van der Waals surface area contributed by atoms with Gasteiger partial charge in [-0.25, -0.2) is 18.4 Å². The van der Waals surface area contributed by atoms with Crippen LogP contribution in [0.1, 0.15) is 28.8 Å². The van der Waals surface area contributed by atoms with E-state index < -0.39 is 10.0 Å². The van der Waals surface area contributed by atoms with Crippen molar-refractivity contribution < 1.29 is 8.42 Å². The van der Waals surface area contributed by atoms with Crippen molar-refractivity contribution in [3.63, 3.8) is 0 Å². The van der Waals surface area contributed by atoms with E-state index in [0.717, 1.165) is 22.7 Å². The lowest BCUT2D eigenvalue weighted by Crippen LogP contribution is -2.31. The van der Waals surface area contributed by atoms with Gasteiger partial charge in [0.1, 0.15) is 10.7 Å². The van der Waals surface area contributed by atoms with Gasteiger partial charge in [-0.15, -0.1) is 11.3 Å². The van der Waals surface area contributed by atoms with Crippen molar-refractivity contribution in [2.75, 3.05) is 0 Å². The lowest BCUT2D eigenvalue weighted by Gasteiger charge is -2.16. The molecule has 0 spiro atoms. The van der Waals surface area contributed by atoms with Crippen LogP contribution < -0.4 is 4.72 Å². The zero-order valence-electron chi connectivity index (χ0n) is 12.8. The molecule has 3 aromatic heterocycles. The number of nitrogens with one attached hydrogen (secondary N) is 1. The van der Waals surface area contributed by atoms with E-state index in [4.69, 9.17) is 11.6 Å². The van der Waals surface area contributed by atoms with Gasteiger partial charge in [0, 0.05) is 17.3 Å². The van der Waals surface area contributed by atoms with E-state index in [1.807, 2.05) is 6.92 Å². The number of hydrogen-bond acceptors (Lipinski definition) is 5. The Morgan fingerprint density at radius 3 is 2.88 bits per heavy atom. The van der Waals surface area contributed by atoms with Crippen LogP contribution in [-0.2, 0) is 10.0 Å². The van der Waals surface area contributed by atoms with E-state index >= 15 is 0 Å². The third-order valence-electron chi connectivity index (χ3n) is 3.98. The van der Waals surface area contributed by atoms with E-state index in [2.05, 4.69) is 14.7 Å². The number of aromatic nitrogens is 3. The predicted molar refractivity (Wildman–Crippen MR) is 92.8 cm³/mol. The van der Waals surface area contributed by atoms with E-state index in [-0.39, 0.29) is 22.1 Å². The third-order valence-corrected chi connectivity index (χ3v) is 6.82. The molecule has 0 saturated heterocycles. The van der Waals surface area contributed by atoms with Gasteiger partial charge in [0.25, 0.3) is 10.0 Å². The average Bonchev–Trinajstić information content (AvgIpc) is 3.18. The van der Waals surface area contributed by atoms with Gasteiger partial charge in [0.05, 0.1) is 6.04 Å². The van der Waals surface area contributed by atoms with Gasteiger partial charge in [0.15, 0.2) is 10.2 Å². The van der Waals surface area contributed by atoms with Gasteiger partial charge in [-0.05, 0) is 37.8 Å². The standard InChI is InChI=1S/C15H15ClN4O2S2/c1-9-8-17-14(23-9)12(10-5-6-10)19-24(21,22)15-13(16)18-11-4-2-3-7-20(11)15/h2-4,7-8,10,12,19H,5-6H2,1H3. The van der Waals surface area contributed by atoms with Crippen molar-refractivity contribution in [3.05, 3.63) is 45.6 Å². The Kier molecular flexibility index (Phi) is 3.87. The second-order valence-electron chi connectivity index (χ2n) is 5.88. The molecule has 9 heteroatoms. The minimum absolute atomic E-state index is 0.0290. The Morgan fingerprint density at radius 1 is 1.42 bits per heavy atom. The minimum atomic E-state index is -3.83. The zero-order valence-corrected chi connectivity index (χ0v) is 15.2. The fourth-order valence-corrected chi connectivity index (χ4v) is 5.61. The smallest absolute Gasteiger partial charge is 0.260 e. The molecule has 1 saturated carbocycles. The van der Waals surface area contributed by atoms with Crippen LogP contribution in [0.5, 0.6) is 0 Å². The van der Waals surface area contributed by atoms with E-state index in [1.165, 1.54) is 15.7 Å². The summed E-state index contributed by atoms with van der Waals surface area (Å²) < 4.78 is 30.2. The quantitative estimate of drug-likeness (QED) is 0.735. The molecule has 6 nitrogen and oxygen atoms in total. The third kappa shape index (κ3) is 2.83. The number of hydrogen-bond donors (Lipinski definition) is 1. The second-order valence-corrected chi connectivity index (χ2v) is 9.14.